The van der Waals surface area contributed by atoms with E-state index in [1.54, 1.807) is 0 Å². The van der Waals surface area contributed by atoms with Crippen LogP contribution in [0.4, 0.5) is 4.39 Å². The molecule has 0 unspecified atom stereocenters. The summed E-state index contributed by atoms with van der Waals surface area (Å²) in [7, 11) is 0. The number of halogens is 1. The van der Waals surface area contributed by atoms with E-state index >= 15 is 0 Å². The Morgan fingerprint density at radius 1 is 1.46 bits per heavy atom. The van der Waals surface area contributed by atoms with Gasteiger partial charge < -0.3 is 4.74 Å². The van der Waals surface area contributed by atoms with Gasteiger partial charge in [-0.1, -0.05) is 0 Å². The van der Waals surface area contributed by atoms with Crippen molar-refractivity contribution >= 4 is 5.97 Å². The molecule has 0 bridgehead atoms. The first kappa shape index (κ1) is 8.97. The maximum atomic E-state index is 12.8. The van der Waals surface area contributed by atoms with Gasteiger partial charge in [0.2, 0.25) is 0 Å². The summed E-state index contributed by atoms with van der Waals surface area (Å²) in [5.74, 6) is -0.221. The molecule has 2 aliphatic carbocycles. The minimum absolute atomic E-state index is 0.0256. The average Bonchev–Trinajstić information content (AvgIpc) is 2.53. The number of carbonyl (C=O) groups excluding carboxylic acids is 1. The summed E-state index contributed by atoms with van der Waals surface area (Å²) >= 11 is 0. The number of alkyl halides is 1. The van der Waals surface area contributed by atoms with Crippen LogP contribution in [-0.2, 0) is 9.53 Å². The molecular formula is C10H15FO2. The summed E-state index contributed by atoms with van der Waals surface area (Å²) in [5, 5.41) is 0. The van der Waals surface area contributed by atoms with E-state index in [2.05, 4.69) is 0 Å². The van der Waals surface area contributed by atoms with Crippen molar-refractivity contribution in [1.29, 1.82) is 0 Å². The highest BCUT2D eigenvalue weighted by Crippen LogP contribution is 2.69. The van der Waals surface area contributed by atoms with Crippen LogP contribution in [0.1, 0.15) is 33.6 Å². The van der Waals surface area contributed by atoms with Gasteiger partial charge in [-0.25, -0.2) is 4.39 Å². The highest BCUT2D eigenvalue weighted by Gasteiger charge is 2.73. The number of fused-ring (bicyclic) bond motifs is 1. The number of hydrogen-bond donors (Lipinski definition) is 0. The van der Waals surface area contributed by atoms with Crippen LogP contribution in [0, 0.1) is 11.3 Å². The molecular weight excluding hydrogens is 171 g/mol. The molecule has 0 saturated heterocycles. The van der Waals surface area contributed by atoms with Crippen molar-refractivity contribution in [3.8, 4) is 0 Å². The predicted molar refractivity (Wildman–Crippen MR) is 45.9 cm³/mol. The number of carbonyl (C=O) groups is 1. The third-order valence-corrected chi connectivity index (χ3v) is 2.94. The molecule has 0 aromatic carbocycles. The number of ether oxygens (including phenoxy) is 1. The molecule has 0 aromatic rings. The van der Waals surface area contributed by atoms with Crippen LogP contribution < -0.4 is 0 Å². The molecule has 3 heteroatoms. The van der Waals surface area contributed by atoms with Crippen LogP contribution in [0.5, 0.6) is 0 Å². The lowest BCUT2D eigenvalue weighted by molar-refractivity contribution is -0.167. The maximum Gasteiger partial charge on any atom is 0.313 e. The molecule has 2 aliphatic rings. The lowest BCUT2D eigenvalue weighted by Gasteiger charge is -2.30. The highest BCUT2D eigenvalue weighted by atomic mass is 19.1. The summed E-state index contributed by atoms with van der Waals surface area (Å²) in [6.45, 7) is 5.51. The van der Waals surface area contributed by atoms with Crippen LogP contribution >= 0.6 is 0 Å². The molecule has 0 aromatic heterocycles. The Balaban J connectivity index is 1.94. The molecule has 2 nitrogen and oxygen atoms in total. The van der Waals surface area contributed by atoms with E-state index in [0.717, 1.165) is 0 Å². The predicted octanol–water partition coefficient (Wildman–Crippen LogP) is 2.08. The molecule has 2 rings (SSSR count). The first-order chi connectivity index (χ1) is 5.85. The van der Waals surface area contributed by atoms with E-state index in [9.17, 15) is 9.18 Å². The van der Waals surface area contributed by atoms with Crippen molar-refractivity contribution in [2.24, 2.45) is 11.3 Å². The second-order valence-electron chi connectivity index (χ2n) is 5.19. The fourth-order valence-corrected chi connectivity index (χ4v) is 2.07. The molecule has 0 spiro atoms. The Hall–Kier alpha value is -0.600. The van der Waals surface area contributed by atoms with Crippen molar-refractivity contribution in [2.45, 2.75) is 45.4 Å². The smallest absolute Gasteiger partial charge is 0.313 e. The van der Waals surface area contributed by atoms with Gasteiger partial charge in [0.25, 0.3) is 0 Å². The second kappa shape index (κ2) is 2.25. The van der Waals surface area contributed by atoms with Gasteiger partial charge in [0, 0.05) is 5.92 Å². The summed E-state index contributed by atoms with van der Waals surface area (Å²) in [4.78, 5) is 11.6. The fourth-order valence-electron chi connectivity index (χ4n) is 2.07. The Labute approximate surface area is 77.5 Å². The Bertz CT molecular complexity index is 256. The summed E-state index contributed by atoms with van der Waals surface area (Å²) in [5.41, 5.74) is -0.854. The van der Waals surface area contributed by atoms with Crippen molar-refractivity contribution < 1.29 is 13.9 Å². The third-order valence-electron chi connectivity index (χ3n) is 2.94. The standard InChI is InChI=1S/C10H15FO2/c1-9(2,3)13-8(12)10-4-6(10)7(11)5-10/h6-7H,4-5H2,1-3H3/t6-,7-,10-/m1/s1. The van der Waals surface area contributed by atoms with Gasteiger partial charge >= 0.3 is 5.97 Å². The lowest BCUT2D eigenvalue weighted by atomic mass is 9.83. The Morgan fingerprint density at radius 2 is 2.08 bits per heavy atom. The minimum Gasteiger partial charge on any atom is -0.460 e. The van der Waals surface area contributed by atoms with Crippen molar-refractivity contribution in [3.63, 3.8) is 0 Å². The van der Waals surface area contributed by atoms with E-state index in [-0.39, 0.29) is 11.9 Å². The van der Waals surface area contributed by atoms with Crippen LogP contribution in [0.3, 0.4) is 0 Å². The zero-order chi connectivity index (χ0) is 9.85. The Kier molecular flexibility index (Phi) is 1.55. The SMILES string of the molecule is CC(C)(C)OC(=O)[C@]12C[C@@H](F)[C@H]1C2. The topological polar surface area (TPSA) is 26.3 Å². The molecule has 3 atom stereocenters. The summed E-state index contributed by atoms with van der Waals surface area (Å²) in [6, 6.07) is 0. The van der Waals surface area contributed by atoms with Crippen LogP contribution in [-0.4, -0.2) is 17.7 Å². The van der Waals surface area contributed by atoms with E-state index in [4.69, 9.17) is 4.74 Å². The fraction of sp³-hybridized carbons (Fsp3) is 0.900. The number of esters is 1. The largest absolute Gasteiger partial charge is 0.460 e. The molecule has 74 valence electrons. The molecule has 2 fully saturated rings. The van der Waals surface area contributed by atoms with Gasteiger partial charge in [-0.2, -0.15) is 0 Å². The van der Waals surface area contributed by atoms with Gasteiger partial charge in [-0.05, 0) is 33.6 Å². The second-order valence-corrected chi connectivity index (χ2v) is 5.19. The van der Waals surface area contributed by atoms with Gasteiger partial charge in [-0.15, -0.1) is 0 Å². The van der Waals surface area contributed by atoms with Gasteiger partial charge in [0.1, 0.15) is 11.8 Å². The molecule has 0 radical (unpaired) electrons. The molecule has 0 amide bonds. The first-order valence-electron chi connectivity index (χ1n) is 4.73. The molecule has 0 aliphatic heterocycles. The lowest BCUT2D eigenvalue weighted by Crippen LogP contribution is -2.39. The van der Waals surface area contributed by atoms with Crippen molar-refractivity contribution in [3.05, 3.63) is 0 Å². The van der Waals surface area contributed by atoms with Crippen LogP contribution in [0.25, 0.3) is 0 Å². The minimum atomic E-state index is -0.757. The zero-order valence-electron chi connectivity index (χ0n) is 8.26. The monoisotopic (exact) mass is 186 g/mol. The Morgan fingerprint density at radius 3 is 2.38 bits per heavy atom. The van der Waals surface area contributed by atoms with Gasteiger partial charge in [0.15, 0.2) is 0 Å². The normalized spacial score (nSPS) is 41.8. The van der Waals surface area contributed by atoms with Gasteiger partial charge in [0.05, 0.1) is 5.41 Å². The maximum absolute atomic E-state index is 12.8. The molecule has 0 heterocycles. The molecule has 13 heavy (non-hydrogen) atoms. The van der Waals surface area contributed by atoms with E-state index in [1.807, 2.05) is 20.8 Å². The van der Waals surface area contributed by atoms with Crippen molar-refractivity contribution in [2.75, 3.05) is 0 Å². The average molecular weight is 186 g/mol. The highest BCUT2D eigenvalue weighted by molar-refractivity contribution is 5.83. The van der Waals surface area contributed by atoms with E-state index in [0.29, 0.717) is 12.8 Å². The first-order valence-corrected chi connectivity index (χ1v) is 4.73. The summed E-state index contributed by atoms with van der Waals surface area (Å²) < 4.78 is 18.0. The third kappa shape index (κ3) is 1.25. The number of rotatable bonds is 1. The van der Waals surface area contributed by atoms with Gasteiger partial charge in [-0.3, -0.25) is 4.79 Å². The zero-order valence-corrected chi connectivity index (χ0v) is 8.26. The summed E-state index contributed by atoms with van der Waals surface area (Å²) in [6.07, 6.45) is 0.322. The molecule has 2 saturated carbocycles. The van der Waals surface area contributed by atoms with E-state index in [1.165, 1.54) is 0 Å². The van der Waals surface area contributed by atoms with E-state index < -0.39 is 17.2 Å². The number of hydrogen-bond acceptors (Lipinski definition) is 2. The van der Waals surface area contributed by atoms with Crippen molar-refractivity contribution in [1.82, 2.24) is 0 Å². The van der Waals surface area contributed by atoms with Crippen LogP contribution in [0.15, 0.2) is 0 Å². The quantitative estimate of drug-likeness (QED) is 0.586. The molecule has 0 N–H and O–H groups in total. The van der Waals surface area contributed by atoms with Crippen LogP contribution in [0.2, 0.25) is 0 Å².